The van der Waals surface area contributed by atoms with Crippen LogP contribution in [0.15, 0.2) is 21.2 Å². The molecule has 0 aliphatic carbocycles. The summed E-state index contributed by atoms with van der Waals surface area (Å²) < 4.78 is 1.73. The number of carbonyl (C=O) groups excluding carboxylic acids is 1. The van der Waals surface area contributed by atoms with Gasteiger partial charge in [-0.25, -0.2) is 0 Å². The molecule has 1 atom stereocenters. The number of aliphatic hydroxyl groups excluding tert-OH is 1. The number of primary amides is 1. The zero-order valence-electron chi connectivity index (χ0n) is 8.28. The van der Waals surface area contributed by atoms with Crippen molar-refractivity contribution in [2.75, 3.05) is 6.54 Å². The van der Waals surface area contributed by atoms with Gasteiger partial charge in [0.05, 0.1) is 5.69 Å². The summed E-state index contributed by atoms with van der Waals surface area (Å²) in [7, 11) is 0. The van der Waals surface area contributed by atoms with E-state index in [9.17, 15) is 4.79 Å². The molecule has 1 unspecified atom stereocenters. The normalized spacial score (nSPS) is 12.4. The lowest BCUT2D eigenvalue weighted by molar-refractivity contribution is -0.125. The van der Waals surface area contributed by atoms with Crippen molar-refractivity contribution in [1.82, 2.24) is 10.3 Å². The highest BCUT2D eigenvalue weighted by Gasteiger charge is 2.10. The van der Waals surface area contributed by atoms with Crippen molar-refractivity contribution in [3.05, 3.63) is 26.9 Å². The smallest absolute Gasteiger partial charge is 0.247 e. The molecule has 0 radical (unpaired) electrons. The third-order valence-corrected chi connectivity index (χ3v) is 2.96. The predicted octanol–water partition coefficient (Wildman–Crippen LogP) is 0.542. The summed E-state index contributed by atoms with van der Waals surface area (Å²) >= 11 is 6.65. The van der Waals surface area contributed by atoms with Crippen molar-refractivity contribution in [3.63, 3.8) is 0 Å². The molecule has 1 rings (SSSR count). The second-order valence-corrected chi connectivity index (χ2v) is 4.90. The number of nitrogens with one attached hydrogen (secondary N) is 1. The molecule has 1 aromatic rings. The molecule has 0 aliphatic rings. The fourth-order valence-electron chi connectivity index (χ4n) is 1.00. The fraction of sp³-hybridized carbons (Fsp3) is 0.333. The summed E-state index contributed by atoms with van der Waals surface area (Å²) in [6.07, 6.45) is 0.501. The van der Waals surface area contributed by atoms with E-state index in [-0.39, 0.29) is 6.54 Å². The van der Waals surface area contributed by atoms with E-state index >= 15 is 0 Å². The van der Waals surface area contributed by atoms with E-state index in [1.807, 2.05) is 6.07 Å². The van der Waals surface area contributed by atoms with E-state index < -0.39 is 12.0 Å². The molecular formula is C9H11Br2N3O2. The number of nitrogens with zero attached hydrogens (tertiary/aromatic N) is 1. The molecule has 0 fully saturated rings. The standard InChI is InChI=1S/C9H11Br2N3O2/c10-5-1-6(11)7(14-2-5)3-13-4-8(15)9(12)16/h1-2,8,13,15H,3-4H2,(H2,12,16). The van der Waals surface area contributed by atoms with Crippen LogP contribution in [-0.2, 0) is 11.3 Å². The Labute approximate surface area is 110 Å². The summed E-state index contributed by atoms with van der Waals surface area (Å²) in [5, 5.41) is 12.0. The van der Waals surface area contributed by atoms with Crippen LogP contribution in [0.3, 0.4) is 0 Å². The first-order valence-electron chi connectivity index (χ1n) is 4.48. The molecule has 1 heterocycles. The lowest BCUT2D eigenvalue weighted by atomic mass is 10.3. The molecule has 1 aromatic heterocycles. The number of hydrogen-bond donors (Lipinski definition) is 3. The summed E-state index contributed by atoms with van der Waals surface area (Å²) in [5.41, 5.74) is 5.70. The van der Waals surface area contributed by atoms with Crippen molar-refractivity contribution < 1.29 is 9.90 Å². The maximum Gasteiger partial charge on any atom is 0.247 e. The van der Waals surface area contributed by atoms with E-state index in [1.54, 1.807) is 6.20 Å². The van der Waals surface area contributed by atoms with Crippen molar-refractivity contribution in [2.24, 2.45) is 5.73 Å². The maximum atomic E-state index is 10.6. The Balaban J connectivity index is 2.46. The van der Waals surface area contributed by atoms with Gasteiger partial charge < -0.3 is 16.2 Å². The van der Waals surface area contributed by atoms with Crippen LogP contribution in [-0.4, -0.2) is 28.6 Å². The van der Waals surface area contributed by atoms with Crippen LogP contribution in [0, 0.1) is 0 Å². The Bertz CT molecular complexity index is 387. The highest BCUT2D eigenvalue weighted by atomic mass is 79.9. The number of carbonyl (C=O) groups is 1. The summed E-state index contributed by atoms with van der Waals surface area (Å²) in [6, 6.07) is 1.87. The van der Waals surface area contributed by atoms with Crippen molar-refractivity contribution in [2.45, 2.75) is 12.6 Å². The van der Waals surface area contributed by atoms with Crippen LogP contribution in [0.4, 0.5) is 0 Å². The molecule has 0 aliphatic heterocycles. The van der Waals surface area contributed by atoms with Crippen LogP contribution < -0.4 is 11.1 Å². The highest BCUT2D eigenvalue weighted by Crippen LogP contribution is 2.19. The third-order valence-electron chi connectivity index (χ3n) is 1.84. The van der Waals surface area contributed by atoms with Gasteiger partial charge >= 0.3 is 0 Å². The van der Waals surface area contributed by atoms with Gasteiger partial charge in [-0.3, -0.25) is 9.78 Å². The Hall–Kier alpha value is -0.500. The number of aromatic nitrogens is 1. The van der Waals surface area contributed by atoms with Crippen LogP contribution in [0.5, 0.6) is 0 Å². The Morgan fingerprint density at radius 3 is 2.88 bits per heavy atom. The number of halogens is 2. The molecule has 0 saturated carbocycles. The van der Waals surface area contributed by atoms with E-state index in [4.69, 9.17) is 10.8 Å². The molecule has 1 amide bonds. The lowest BCUT2D eigenvalue weighted by Gasteiger charge is -2.09. The van der Waals surface area contributed by atoms with Gasteiger partial charge in [-0.05, 0) is 37.9 Å². The van der Waals surface area contributed by atoms with Crippen LogP contribution >= 0.6 is 31.9 Å². The van der Waals surface area contributed by atoms with Gasteiger partial charge in [0.2, 0.25) is 5.91 Å². The second kappa shape index (κ2) is 6.29. The topological polar surface area (TPSA) is 88.2 Å². The molecule has 4 N–H and O–H groups in total. The van der Waals surface area contributed by atoms with Crippen LogP contribution in [0.2, 0.25) is 0 Å². The zero-order chi connectivity index (χ0) is 12.1. The highest BCUT2D eigenvalue weighted by molar-refractivity contribution is 9.11. The monoisotopic (exact) mass is 351 g/mol. The molecule has 0 saturated heterocycles. The van der Waals surface area contributed by atoms with Crippen molar-refractivity contribution in [1.29, 1.82) is 0 Å². The minimum Gasteiger partial charge on any atom is -0.382 e. The lowest BCUT2D eigenvalue weighted by Crippen LogP contribution is -2.37. The first-order valence-corrected chi connectivity index (χ1v) is 6.07. The molecule has 0 bridgehead atoms. The quantitative estimate of drug-likeness (QED) is 0.721. The Kier molecular flexibility index (Phi) is 5.33. The summed E-state index contributed by atoms with van der Waals surface area (Å²) in [5.74, 6) is -0.740. The van der Waals surface area contributed by atoms with E-state index in [1.165, 1.54) is 0 Å². The number of nitrogens with two attached hydrogens (primary N) is 1. The van der Waals surface area contributed by atoms with Crippen molar-refractivity contribution in [3.8, 4) is 0 Å². The third kappa shape index (κ3) is 4.17. The molecule has 5 nitrogen and oxygen atoms in total. The first-order chi connectivity index (χ1) is 7.50. The second-order valence-electron chi connectivity index (χ2n) is 3.13. The van der Waals surface area contributed by atoms with Gasteiger partial charge in [0.1, 0.15) is 6.10 Å². The molecular weight excluding hydrogens is 342 g/mol. The summed E-state index contributed by atoms with van der Waals surface area (Å²) in [6.45, 7) is 0.553. The Morgan fingerprint density at radius 1 is 1.62 bits per heavy atom. The first kappa shape index (κ1) is 13.6. The van der Waals surface area contributed by atoms with Gasteiger partial charge in [0, 0.05) is 28.2 Å². The average molecular weight is 353 g/mol. The SMILES string of the molecule is NC(=O)C(O)CNCc1ncc(Br)cc1Br. The predicted molar refractivity (Wildman–Crippen MR) is 66.5 cm³/mol. The van der Waals surface area contributed by atoms with Gasteiger partial charge in [0.15, 0.2) is 0 Å². The largest absolute Gasteiger partial charge is 0.382 e. The van der Waals surface area contributed by atoms with Gasteiger partial charge in [-0.1, -0.05) is 0 Å². The van der Waals surface area contributed by atoms with Gasteiger partial charge in [-0.15, -0.1) is 0 Å². The van der Waals surface area contributed by atoms with E-state index in [0.29, 0.717) is 6.54 Å². The number of aliphatic hydroxyl groups is 1. The number of pyridine rings is 1. The van der Waals surface area contributed by atoms with Crippen LogP contribution in [0.1, 0.15) is 5.69 Å². The number of rotatable bonds is 5. The molecule has 88 valence electrons. The minimum absolute atomic E-state index is 0.111. The molecule has 0 spiro atoms. The molecule has 0 aromatic carbocycles. The number of hydrogen-bond acceptors (Lipinski definition) is 4. The molecule has 7 heteroatoms. The number of amides is 1. The maximum absolute atomic E-state index is 10.6. The Morgan fingerprint density at radius 2 is 2.31 bits per heavy atom. The fourth-order valence-corrected chi connectivity index (χ4v) is 2.13. The zero-order valence-corrected chi connectivity index (χ0v) is 11.5. The van der Waals surface area contributed by atoms with Crippen LogP contribution in [0.25, 0.3) is 0 Å². The minimum atomic E-state index is -1.17. The van der Waals surface area contributed by atoms with Gasteiger partial charge in [-0.2, -0.15) is 0 Å². The molecule has 16 heavy (non-hydrogen) atoms. The van der Waals surface area contributed by atoms with E-state index in [2.05, 4.69) is 42.2 Å². The average Bonchev–Trinajstić information content (AvgIpc) is 2.20. The van der Waals surface area contributed by atoms with E-state index in [0.717, 1.165) is 14.6 Å². The summed E-state index contributed by atoms with van der Waals surface area (Å²) in [4.78, 5) is 14.7. The van der Waals surface area contributed by atoms with Gasteiger partial charge in [0.25, 0.3) is 0 Å². The van der Waals surface area contributed by atoms with Crippen molar-refractivity contribution >= 4 is 37.8 Å².